The van der Waals surface area contributed by atoms with Gasteiger partial charge in [-0.05, 0) is 12.5 Å². The van der Waals surface area contributed by atoms with Gasteiger partial charge in [-0.1, -0.05) is 30.3 Å². The first-order chi connectivity index (χ1) is 9.25. The van der Waals surface area contributed by atoms with Gasteiger partial charge in [0.1, 0.15) is 6.04 Å². The smallest absolute Gasteiger partial charge is 0.326 e. The Morgan fingerprint density at radius 1 is 1.26 bits per heavy atom. The number of carboxylic acid groups (broad SMARTS) is 1. The largest absolute Gasteiger partial charge is 0.480 e. The molecule has 1 aromatic heterocycles. The third-order valence-electron chi connectivity index (χ3n) is 3.27. The Labute approximate surface area is 110 Å². The second kappa shape index (κ2) is 4.68. The van der Waals surface area contributed by atoms with Crippen LogP contribution in [-0.4, -0.2) is 33.6 Å². The molecule has 96 valence electrons. The van der Waals surface area contributed by atoms with Crippen LogP contribution in [-0.2, 0) is 4.79 Å². The molecule has 1 atom stereocenters. The summed E-state index contributed by atoms with van der Waals surface area (Å²) in [4.78, 5) is 21.4. The van der Waals surface area contributed by atoms with Crippen molar-refractivity contribution in [3.63, 3.8) is 0 Å². The number of carboxylic acids is 1. The lowest BCUT2D eigenvalue weighted by atomic mass is 10.0. The van der Waals surface area contributed by atoms with E-state index in [1.54, 1.807) is 11.1 Å². The minimum absolute atomic E-state index is 0.486. The Bertz CT molecular complexity index is 601. The predicted octanol–water partition coefficient (Wildman–Crippen LogP) is 1.81. The SMILES string of the molecule is O=C(O)[C@@H]1CCN1c1nccc(-c2ccccc2)n1. The molecule has 19 heavy (non-hydrogen) atoms. The van der Waals surface area contributed by atoms with Crippen molar-refractivity contribution in [3.8, 4) is 11.3 Å². The minimum atomic E-state index is -0.819. The van der Waals surface area contributed by atoms with Gasteiger partial charge in [0, 0.05) is 18.3 Å². The maximum Gasteiger partial charge on any atom is 0.326 e. The van der Waals surface area contributed by atoms with Crippen LogP contribution in [0.25, 0.3) is 11.3 Å². The highest BCUT2D eigenvalue weighted by atomic mass is 16.4. The van der Waals surface area contributed by atoms with E-state index in [0.717, 1.165) is 11.3 Å². The van der Waals surface area contributed by atoms with Crippen LogP contribution in [0, 0.1) is 0 Å². The van der Waals surface area contributed by atoms with Gasteiger partial charge in [-0.2, -0.15) is 0 Å². The molecule has 0 amide bonds. The lowest BCUT2D eigenvalue weighted by Crippen LogP contribution is -2.53. The number of hydrogen-bond acceptors (Lipinski definition) is 4. The Morgan fingerprint density at radius 2 is 2.05 bits per heavy atom. The van der Waals surface area contributed by atoms with Crippen LogP contribution in [0.15, 0.2) is 42.6 Å². The second-order valence-corrected chi connectivity index (χ2v) is 4.44. The molecule has 0 bridgehead atoms. The number of nitrogens with zero attached hydrogens (tertiary/aromatic N) is 3. The number of aliphatic carboxylic acids is 1. The molecular weight excluding hydrogens is 242 g/mol. The van der Waals surface area contributed by atoms with Crippen molar-refractivity contribution < 1.29 is 9.90 Å². The zero-order valence-corrected chi connectivity index (χ0v) is 10.2. The molecule has 1 aliphatic rings. The van der Waals surface area contributed by atoms with Gasteiger partial charge in [0.15, 0.2) is 0 Å². The maximum absolute atomic E-state index is 11.0. The van der Waals surface area contributed by atoms with Crippen molar-refractivity contribution in [2.45, 2.75) is 12.5 Å². The number of anilines is 1. The highest BCUT2D eigenvalue weighted by Crippen LogP contribution is 2.25. The number of benzene rings is 1. The summed E-state index contributed by atoms with van der Waals surface area (Å²) >= 11 is 0. The zero-order valence-electron chi connectivity index (χ0n) is 10.2. The van der Waals surface area contributed by atoms with Gasteiger partial charge in [-0.25, -0.2) is 14.8 Å². The average Bonchev–Trinajstić information content (AvgIpc) is 2.38. The Morgan fingerprint density at radius 3 is 2.68 bits per heavy atom. The van der Waals surface area contributed by atoms with Crippen molar-refractivity contribution in [3.05, 3.63) is 42.6 Å². The van der Waals surface area contributed by atoms with Crippen LogP contribution in [0.4, 0.5) is 5.95 Å². The first-order valence-electron chi connectivity index (χ1n) is 6.13. The minimum Gasteiger partial charge on any atom is -0.480 e. The molecule has 0 unspecified atom stereocenters. The third-order valence-corrected chi connectivity index (χ3v) is 3.27. The van der Waals surface area contributed by atoms with Gasteiger partial charge >= 0.3 is 5.97 Å². The normalized spacial score (nSPS) is 17.9. The van der Waals surface area contributed by atoms with Gasteiger partial charge in [0.25, 0.3) is 0 Å². The molecular formula is C14H13N3O2. The van der Waals surface area contributed by atoms with E-state index in [4.69, 9.17) is 5.11 Å². The van der Waals surface area contributed by atoms with E-state index >= 15 is 0 Å². The van der Waals surface area contributed by atoms with Crippen molar-refractivity contribution in [2.24, 2.45) is 0 Å². The quantitative estimate of drug-likeness (QED) is 0.906. The Kier molecular flexibility index (Phi) is 2.87. The van der Waals surface area contributed by atoms with E-state index in [1.807, 2.05) is 36.4 Å². The van der Waals surface area contributed by atoms with Crippen molar-refractivity contribution >= 4 is 11.9 Å². The lowest BCUT2D eigenvalue weighted by Gasteiger charge is -2.37. The molecule has 5 heteroatoms. The van der Waals surface area contributed by atoms with E-state index in [2.05, 4.69) is 9.97 Å². The van der Waals surface area contributed by atoms with Crippen LogP contribution in [0.5, 0.6) is 0 Å². The second-order valence-electron chi connectivity index (χ2n) is 4.44. The van der Waals surface area contributed by atoms with E-state index in [1.165, 1.54) is 0 Å². The highest BCUT2D eigenvalue weighted by Gasteiger charge is 2.35. The van der Waals surface area contributed by atoms with Crippen LogP contribution < -0.4 is 4.90 Å². The summed E-state index contributed by atoms with van der Waals surface area (Å²) in [5, 5.41) is 9.05. The molecule has 5 nitrogen and oxygen atoms in total. The van der Waals surface area contributed by atoms with Gasteiger partial charge in [-0.3, -0.25) is 0 Å². The average molecular weight is 255 g/mol. The van der Waals surface area contributed by atoms with Crippen LogP contribution in [0.1, 0.15) is 6.42 Å². The zero-order chi connectivity index (χ0) is 13.2. The fourth-order valence-electron chi connectivity index (χ4n) is 2.14. The summed E-state index contributed by atoms with van der Waals surface area (Å²) in [7, 11) is 0. The van der Waals surface area contributed by atoms with Gasteiger partial charge < -0.3 is 10.0 Å². The Hall–Kier alpha value is -2.43. The molecule has 0 spiro atoms. The highest BCUT2D eigenvalue weighted by molar-refractivity contribution is 5.79. The summed E-state index contributed by atoms with van der Waals surface area (Å²) in [5.74, 6) is -0.333. The third kappa shape index (κ3) is 2.14. The number of aromatic nitrogens is 2. The predicted molar refractivity (Wildman–Crippen MR) is 70.9 cm³/mol. The van der Waals surface area contributed by atoms with Crippen LogP contribution >= 0.6 is 0 Å². The summed E-state index contributed by atoms with van der Waals surface area (Å²) in [5.41, 5.74) is 1.81. The van der Waals surface area contributed by atoms with E-state index in [9.17, 15) is 4.79 Å². The molecule has 0 radical (unpaired) electrons. The Balaban J connectivity index is 1.91. The number of carbonyl (C=O) groups is 1. The van der Waals surface area contributed by atoms with E-state index in [-0.39, 0.29) is 0 Å². The summed E-state index contributed by atoms with van der Waals surface area (Å²) in [6.45, 7) is 0.690. The number of hydrogen-bond donors (Lipinski definition) is 1. The molecule has 1 fully saturated rings. The molecule has 1 saturated heterocycles. The molecule has 1 N–H and O–H groups in total. The van der Waals surface area contributed by atoms with E-state index < -0.39 is 12.0 Å². The van der Waals surface area contributed by atoms with Gasteiger partial charge in [-0.15, -0.1) is 0 Å². The van der Waals surface area contributed by atoms with Crippen LogP contribution in [0.2, 0.25) is 0 Å². The topological polar surface area (TPSA) is 66.3 Å². The van der Waals surface area contributed by atoms with Crippen molar-refractivity contribution in [2.75, 3.05) is 11.4 Å². The van der Waals surface area contributed by atoms with Gasteiger partial charge in [0.2, 0.25) is 5.95 Å². The first-order valence-corrected chi connectivity index (χ1v) is 6.13. The van der Waals surface area contributed by atoms with Crippen LogP contribution in [0.3, 0.4) is 0 Å². The molecule has 0 aliphatic carbocycles. The molecule has 2 heterocycles. The summed E-state index contributed by atoms with van der Waals surface area (Å²) in [6, 6.07) is 11.1. The first kappa shape index (κ1) is 11.6. The summed E-state index contributed by atoms with van der Waals surface area (Å²) in [6.07, 6.45) is 2.32. The molecule has 1 aromatic carbocycles. The van der Waals surface area contributed by atoms with Crippen molar-refractivity contribution in [1.82, 2.24) is 9.97 Å². The fourth-order valence-corrected chi connectivity index (χ4v) is 2.14. The van der Waals surface area contributed by atoms with Crippen molar-refractivity contribution in [1.29, 1.82) is 0 Å². The molecule has 0 saturated carbocycles. The summed E-state index contributed by atoms with van der Waals surface area (Å²) < 4.78 is 0. The van der Waals surface area contributed by atoms with Gasteiger partial charge in [0.05, 0.1) is 5.69 Å². The monoisotopic (exact) mass is 255 g/mol. The lowest BCUT2D eigenvalue weighted by molar-refractivity contribution is -0.140. The maximum atomic E-state index is 11.0. The van der Waals surface area contributed by atoms with E-state index in [0.29, 0.717) is 18.9 Å². The standard InChI is InChI=1S/C14H13N3O2/c18-13(19)12-7-9-17(12)14-15-8-6-11(16-14)10-4-2-1-3-5-10/h1-6,8,12H,7,9H2,(H,18,19)/t12-/m0/s1. The molecule has 2 aromatic rings. The molecule has 3 rings (SSSR count). The molecule has 1 aliphatic heterocycles. The fraction of sp³-hybridized carbons (Fsp3) is 0.214. The number of rotatable bonds is 3.